The SMILES string of the molecule is CC.c1ccc(-n2c3ccc(-n4c5ccccc5c5ncccc54)cc3c3ncccc32)cc1. The summed E-state index contributed by atoms with van der Waals surface area (Å²) in [5.74, 6) is 0. The molecule has 0 unspecified atom stereocenters. The van der Waals surface area contributed by atoms with Crippen LogP contribution in [0, 0.1) is 0 Å². The van der Waals surface area contributed by atoms with Gasteiger partial charge in [-0.25, -0.2) is 0 Å². The molecule has 0 amide bonds. The molecule has 4 aromatic heterocycles. The van der Waals surface area contributed by atoms with Gasteiger partial charge in [0, 0.05) is 34.5 Å². The van der Waals surface area contributed by atoms with Crippen molar-refractivity contribution in [1.82, 2.24) is 19.1 Å². The van der Waals surface area contributed by atoms with Crippen LogP contribution in [0.15, 0.2) is 109 Å². The van der Waals surface area contributed by atoms with Gasteiger partial charge in [-0.05, 0) is 60.7 Å². The second kappa shape index (κ2) is 8.16. The van der Waals surface area contributed by atoms with Crippen LogP contribution in [0.4, 0.5) is 0 Å². The molecule has 0 saturated carbocycles. The lowest BCUT2D eigenvalue weighted by atomic mass is 10.2. The van der Waals surface area contributed by atoms with Gasteiger partial charge in [0.05, 0.1) is 33.1 Å². The minimum Gasteiger partial charge on any atom is -0.308 e. The normalized spacial score (nSPS) is 11.2. The highest BCUT2D eigenvalue weighted by Gasteiger charge is 2.16. The molecule has 0 saturated heterocycles. The first-order valence-electron chi connectivity index (χ1n) is 11.7. The van der Waals surface area contributed by atoms with Crippen LogP contribution in [0.5, 0.6) is 0 Å². The first-order valence-corrected chi connectivity index (χ1v) is 11.7. The van der Waals surface area contributed by atoms with Crippen LogP contribution in [0.2, 0.25) is 0 Å². The van der Waals surface area contributed by atoms with Gasteiger partial charge >= 0.3 is 0 Å². The number of rotatable bonds is 2. The van der Waals surface area contributed by atoms with E-state index in [1.165, 1.54) is 0 Å². The Morgan fingerprint density at radius 3 is 1.76 bits per heavy atom. The van der Waals surface area contributed by atoms with Crippen LogP contribution < -0.4 is 0 Å². The molecule has 0 bridgehead atoms. The van der Waals surface area contributed by atoms with E-state index in [1.54, 1.807) is 0 Å². The number of hydrogen-bond donors (Lipinski definition) is 0. The lowest BCUT2D eigenvalue weighted by Gasteiger charge is -2.10. The summed E-state index contributed by atoms with van der Waals surface area (Å²) in [4.78, 5) is 9.43. The smallest absolute Gasteiger partial charge is 0.0964 e. The Hall–Kier alpha value is -4.44. The Labute approximate surface area is 197 Å². The average molecular weight is 441 g/mol. The van der Waals surface area contributed by atoms with Gasteiger partial charge in [0.15, 0.2) is 0 Å². The molecule has 0 spiro atoms. The zero-order valence-electron chi connectivity index (χ0n) is 19.2. The largest absolute Gasteiger partial charge is 0.308 e. The average Bonchev–Trinajstić information content (AvgIpc) is 3.43. The summed E-state index contributed by atoms with van der Waals surface area (Å²) in [6, 6.07) is 33.8. The Morgan fingerprint density at radius 2 is 1.03 bits per heavy atom. The molecule has 0 aliphatic carbocycles. The van der Waals surface area contributed by atoms with Crippen molar-refractivity contribution in [2.24, 2.45) is 0 Å². The van der Waals surface area contributed by atoms with Crippen LogP contribution in [0.25, 0.3) is 55.2 Å². The predicted octanol–water partition coefficient (Wildman–Crippen LogP) is 7.70. The Balaban J connectivity index is 0.00000106. The second-order valence-electron chi connectivity index (χ2n) is 7.97. The quantitative estimate of drug-likeness (QED) is 0.276. The van der Waals surface area contributed by atoms with E-state index in [0.717, 1.165) is 55.2 Å². The molecule has 0 radical (unpaired) electrons. The first kappa shape index (κ1) is 20.2. The molecule has 0 aliphatic rings. The molecule has 34 heavy (non-hydrogen) atoms. The maximum Gasteiger partial charge on any atom is 0.0964 e. The number of benzene rings is 3. The fraction of sp³-hybridized carbons (Fsp3) is 0.0667. The van der Waals surface area contributed by atoms with E-state index in [2.05, 4.69) is 93.0 Å². The summed E-state index contributed by atoms with van der Waals surface area (Å²) in [6.07, 6.45) is 3.73. The van der Waals surface area contributed by atoms with Crippen molar-refractivity contribution in [3.05, 3.63) is 109 Å². The molecule has 164 valence electrons. The van der Waals surface area contributed by atoms with Gasteiger partial charge in [-0.2, -0.15) is 0 Å². The van der Waals surface area contributed by atoms with Crippen LogP contribution in [-0.4, -0.2) is 19.1 Å². The monoisotopic (exact) mass is 440 g/mol. The molecule has 0 N–H and O–H groups in total. The Morgan fingerprint density at radius 1 is 0.471 bits per heavy atom. The lowest BCUT2D eigenvalue weighted by molar-refractivity contribution is 1.16. The summed E-state index contributed by atoms with van der Waals surface area (Å²) in [6.45, 7) is 4.00. The number of aromatic nitrogens is 4. The molecule has 4 nitrogen and oxygen atoms in total. The second-order valence-corrected chi connectivity index (χ2v) is 7.97. The fourth-order valence-electron chi connectivity index (χ4n) is 4.88. The van der Waals surface area contributed by atoms with Crippen molar-refractivity contribution < 1.29 is 0 Å². The van der Waals surface area contributed by atoms with E-state index in [1.807, 2.05) is 44.4 Å². The maximum absolute atomic E-state index is 4.76. The minimum atomic E-state index is 1.01. The highest BCUT2D eigenvalue weighted by atomic mass is 15.0. The van der Waals surface area contributed by atoms with E-state index in [-0.39, 0.29) is 0 Å². The van der Waals surface area contributed by atoms with Gasteiger partial charge in [-0.15, -0.1) is 0 Å². The minimum absolute atomic E-state index is 1.01. The standard InChI is InChI=1S/C28H18N4.C2H6/c1-2-8-19(9-3-1)31-24-15-14-20(18-22(24)28-26(31)13-7-17-30-28)32-23-11-5-4-10-21(23)27-25(32)12-6-16-29-27;1-2/h1-18H;1-2H3. The van der Waals surface area contributed by atoms with E-state index < -0.39 is 0 Å². The maximum atomic E-state index is 4.76. The van der Waals surface area contributed by atoms with Gasteiger partial charge in [0.1, 0.15) is 0 Å². The zero-order chi connectivity index (χ0) is 23.1. The Bertz CT molecular complexity index is 1720. The van der Waals surface area contributed by atoms with Crippen molar-refractivity contribution in [2.45, 2.75) is 13.8 Å². The van der Waals surface area contributed by atoms with Crippen LogP contribution in [0.3, 0.4) is 0 Å². The first-order chi connectivity index (χ1) is 16.9. The number of nitrogens with zero attached hydrogens (tertiary/aromatic N) is 4. The van der Waals surface area contributed by atoms with Gasteiger partial charge < -0.3 is 9.13 Å². The molecule has 0 fully saturated rings. The third kappa shape index (κ3) is 2.92. The molecule has 3 aromatic carbocycles. The number of para-hydroxylation sites is 2. The van der Waals surface area contributed by atoms with Crippen LogP contribution >= 0.6 is 0 Å². The van der Waals surface area contributed by atoms with Crippen molar-refractivity contribution >= 4 is 43.9 Å². The molecule has 0 aliphatic heterocycles. The van der Waals surface area contributed by atoms with Crippen LogP contribution in [-0.2, 0) is 0 Å². The van der Waals surface area contributed by atoms with E-state index in [9.17, 15) is 0 Å². The molecule has 4 heterocycles. The molecule has 7 aromatic rings. The topological polar surface area (TPSA) is 35.6 Å². The van der Waals surface area contributed by atoms with Crippen molar-refractivity contribution in [1.29, 1.82) is 0 Å². The molecule has 0 atom stereocenters. The summed E-state index contributed by atoms with van der Waals surface area (Å²) in [5.41, 5.74) is 8.78. The van der Waals surface area contributed by atoms with E-state index in [0.29, 0.717) is 0 Å². The zero-order valence-corrected chi connectivity index (χ0v) is 19.2. The molecule has 7 rings (SSSR count). The van der Waals surface area contributed by atoms with Crippen molar-refractivity contribution in [3.63, 3.8) is 0 Å². The third-order valence-electron chi connectivity index (χ3n) is 6.20. The lowest BCUT2D eigenvalue weighted by Crippen LogP contribution is -1.95. The number of fused-ring (bicyclic) bond motifs is 6. The summed E-state index contributed by atoms with van der Waals surface area (Å²) >= 11 is 0. The van der Waals surface area contributed by atoms with E-state index >= 15 is 0 Å². The molecular weight excluding hydrogens is 416 g/mol. The van der Waals surface area contributed by atoms with Gasteiger partial charge in [0.2, 0.25) is 0 Å². The van der Waals surface area contributed by atoms with Crippen molar-refractivity contribution in [2.75, 3.05) is 0 Å². The predicted molar refractivity (Wildman–Crippen MR) is 142 cm³/mol. The summed E-state index contributed by atoms with van der Waals surface area (Å²) in [5, 5.41) is 2.30. The van der Waals surface area contributed by atoms with Gasteiger partial charge in [-0.1, -0.05) is 50.2 Å². The van der Waals surface area contributed by atoms with Gasteiger partial charge in [-0.3, -0.25) is 9.97 Å². The number of pyridine rings is 2. The highest BCUT2D eigenvalue weighted by molar-refractivity contribution is 6.10. The summed E-state index contributed by atoms with van der Waals surface area (Å²) < 4.78 is 4.58. The molecule has 4 heteroatoms. The number of hydrogen-bond acceptors (Lipinski definition) is 2. The van der Waals surface area contributed by atoms with Crippen molar-refractivity contribution in [3.8, 4) is 11.4 Å². The van der Waals surface area contributed by atoms with E-state index in [4.69, 9.17) is 4.98 Å². The summed E-state index contributed by atoms with van der Waals surface area (Å²) in [7, 11) is 0. The highest BCUT2D eigenvalue weighted by Crippen LogP contribution is 2.35. The molecular formula is C30H24N4. The third-order valence-corrected chi connectivity index (χ3v) is 6.20. The fourth-order valence-corrected chi connectivity index (χ4v) is 4.88. The van der Waals surface area contributed by atoms with Crippen LogP contribution in [0.1, 0.15) is 13.8 Å². The Kier molecular flexibility index (Phi) is 4.84. The van der Waals surface area contributed by atoms with Gasteiger partial charge in [0.25, 0.3) is 0 Å².